The van der Waals surface area contributed by atoms with Crippen LogP contribution in [-0.4, -0.2) is 52.9 Å². The van der Waals surface area contributed by atoms with E-state index in [1.807, 2.05) is 41.3 Å². The number of rotatable bonds is 5. The van der Waals surface area contributed by atoms with E-state index in [4.69, 9.17) is 9.72 Å². The number of carbonyl (C=O) groups is 2. The van der Waals surface area contributed by atoms with Crippen LogP contribution in [0.2, 0.25) is 0 Å². The van der Waals surface area contributed by atoms with Crippen molar-refractivity contribution in [2.24, 2.45) is 0 Å². The Hall–Kier alpha value is -3.94. The van der Waals surface area contributed by atoms with Gasteiger partial charge in [0.15, 0.2) is 5.69 Å². The number of aromatic nitrogens is 2. The van der Waals surface area contributed by atoms with Gasteiger partial charge in [-0.05, 0) is 11.1 Å². The molecule has 1 aromatic heterocycles. The molecular weight excluding hydrogens is 418 g/mol. The number of benzene rings is 2. The fourth-order valence-corrected chi connectivity index (χ4v) is 4.25. The zero-order valence-corrected chi connectivity index (χ0v) is 18.4. The zero-order chi connectivity index (χ0) is 22.8. The summed E-state index contributed by atoms with van der Waals surface area (Å²) in [7, 11) is 0. The van der Waals surface area contributed by atoms with Crippen LogP contribution in [0.1, 0.15) is 40.1 Å². The van der Waals surface area contributed by atoms with Gasteiger partial charge in [-0.25, -0.2) is 9.78 Å². The van der Waals surface area contributed by atoms with Crippen LogP contribution in [0.15, 0.2) is 60.7 Å². The van der Waals surface area contributed by atoms with E-state index in [1.165, 1.54) is 0 Å². The standard InChI is InChI=1S/C25H25N5O3/c1-17(31)29-12-14-30(15-13-29)25-27-22-20(16-33-24(22)32)23(28-25)26-21(18-8-4-2-5-9-18)19-10-6-3-7-11-19/h2-11,21H,12-16H2,1H3,(H,26,27,28). The fourth-order valence-electron chi connectivity index (χ4n) is 4.25. The number of nitrogens with one attached hydrogen (secondary N) is 1. The number of esters is 1. The van der Waals surface area contributed by atoms with Crippen LogP contribution >= 0.6 is 0 Å². The molecular formula is C25H25N5O3. The molecule has 0 radical (unpaired) electrons. The van der Waals surface area contributed by atoms with E-state index in [1.54, 1.807) is 11.8 Å². The van der Waals surface area contributed by atoms with Crippen molar-refractivity contribution < 1.29 is 14.3 Å². The number of hydrogen-bond donors (Lipinski definition) is 1. The number of ether oxygens (including phenoxy) is 1. The highest BCUT2D eigenvalue weighted by Gasteiger charge is 2.31. The molecule has 0 unspecified atom stereocenters. The Labute approximate surface area is 192 Å². The molecule has 168 valence electrons. The van der Waals surface area contributed by atoms with Crippen molar-refractivity contribution in [3.8, 4) is 0 Å². The minimum absolute atomic E-state index is 0.0593. The van der Waals surface area contributed by atoms with Gasteiger partial charge in [0, 0.05) is 33.1 Å². The molecule has 0 aliphatic carbocycles. The first-order valence-electron chi connectivity index (χ1n) is 11.0. The Morgan fingerprint density at radius 3 is 2.12 bits per heavy atom. The van der Waals surface area contributed by atoms with Gasteiger partial charge in [0.25, 0.3) is 0 Å². The van der Waals surface area contributed by atoms with Gasteiger partial charge < -0.3 is 19.9 Å². The van der Waals surface area contributed by atoms with E-state index >= 15 is 0 Å². The summed E-state index contributed by atoms with van der Waals surface area (Å²) in [5.41, 5.74) is 3.13. The van der Waals surface area contributed by atoms with Crippen molar-refractivity contribution in [2.45, 2.75) is 19.6 Å². The minimum atomic E-state index is -0.435. The molecule has 0 spiro atoms. The van der Waals surface area contributed by atoms with Gasteiger partial charge in [-0.15, -0.1) is 0 Å². The zero-order valence-electron chi connectivity index (χ0n) is 18.4. The van der Waals surface area contributed by atoms with Crippen molar-refractivity contribution in [3.05, 3.63) is 83.0 Å². The molecule has 1 fully saturated rings. The molecule has 2 aliphatic rings. The summed E-state index contributed by atoms with van der Waals surface area (Å²) in [5, 5.41) is 3.56. The first kappa shape index (κ1) is 20.9. The molecule has 1 amide bonds. The van der Waals surface area contributed by atoms with Crippen molar-refractivity contribution in [1.29, 1.82) is 0 Å². The molecule has 8 nitrogen and oxygen atoms in total. The lowest BCUT2D eigenvalue weighted by Gasteiger charge is -2.34. The van der Waals surface area contributed by atoms with E-state index in [0.29, 0.717) is 49.2 Å². The topological polar surface area (TPSA) is 87.7 Å². The van der Waals surface area contributed by atoms with Gasteiger partial charge in [-0.2, -0.15) is 4.98 Å². The van der Waals surface area contributed by atoms with Crippen LogP contribution in [0.3, 0.4) is 0 Å². The summed E-state index contributed by atoms with van der Waals surface area (Å²) in [4.78, 5) is 37.3. The molecule has 8 heteroatoms. The van der Waals surface area contributed by atoms with Gasteiger partial charge in [0.1, 0.15) is 12.4 Å². The van der Waals surface area contributed by atoms with E-state index in [-0.39, 0.29) is 18.6 Å². The van der Waals surface area contributed by atoms with E-state index in [9.17, 15) is 9.59 Å². The molecule has 2 aliphatic heterocycles. The predicted octanol–water partition coefficient (Wildman–Crippen LogP) is 3.02. The second-order valence-electron chi connectivity index (χ2n) is 8.17. The predicted molar refractivity (Wildman–Crippen MR) is 124 cm³/mol. The quantitative estimate of drug-likeness (QED) is 0.607. The van der Waals surface area contributed by atoms with Crippen molar-refractivity contribution in [1.82, 2.24) is 14.9 Å². The number of piperazine rings is 1. The van der Waals surface area contributed by atoms with Gasteiger partial charge in [-0.1, -0.05) is 60.7 Å². The number of hydrogen-bond acceptors (Lipinski definition) is 7. The van der Waals surface area contributed by atoms with E-state index < -0.39 is 5.97 Å². The molecule has 0 saturated carbocycles. The normalized spacial score (nSPS) is 15.4. The van der Waals surface area contributed by atoms with Gasteiger partial charge in [-0.3, -0.25) is 4.79 Å². The number of anilines is 2. The van der Waals surface area contributed by atoms with Crippen LogP contribution in [0.4, 0.5) is 11.8 Å². The van der Waals surface area contributed by atoms with Gasteiger partial charge >= 0.3 is 5.97 Å². The SMILES string of the molecule is CC(=O)N1CCN(c2nc(NC(c3ccccc3)c3ccccc3)c3c(n2)C(=O)OC3)CC1. The highest BCUT2D eigenvalue weighted by Crippen LogP contribution is 2.32. The lowest BCUT2D eigenvalue weighted by molar-refractivity contribution is -0.129. The minimum Gasteiger partial charge on any atom is -0.456 e. The maximum absolute atomic E-state index is 12.4. The molecule has 33 heavy (non-hydrogen) atoms. The van der Waals surface area contributed by atoms with Crippen molar-refractivity contribution >= 4 is 23.6 Å². The third-order valence-corrected chi connectivity index (χ3v) is 6.09. The third kappa shape index (κ3) is 4.24. The monoisotopic (exact) mass is 443 g/mol. The smallest absolute Gasteiger partial charge is 0.357 e. The largest absolute Gasteiger partial charge is 0.456 e. The van der Waals surface area contributed by atoms with Crippen LogP contribution in [0, 0.1) is 0 Å². The summed E-state index contributed by atoms with van der Waals surface area (Å²) < 4.78 is 5.29. The Morgan fingerprint density at radius 1 is 0.939 bits per heavy atom. The number of carbonyl (C=O) groups excluding carboxylic acids is 2. The van der Waals surface area contributed by atoms with E-state index in [0.717, 1.165) is 11.1 Å². The lowest BCUT2D eigenvalue weighted by Crippen LogP contribution is -2.48. The summed E-state index contributed by atoms with van der Waals surface area (Å²) in [6.45, 7) is 4.12. The molecule has 1 N–H and O–H groups in total. The molecule has 2 aromatic carbocycles. The van der Waals surface area contributed by atoms with Crippen LogP contribution < -0.4 is 10.2 Å². The third-order valence-electron chi connectivity index (χ3n) is 6.09. The molecule has 3 aromatic rings. The Morgan fingerprint density at radius 2 is 1.55 bits per heavy atom. The van der Waals surface area contributed by atoms with Gasteiger partial charge in [0.2, 0.25) is 11.9 Å². The highest BCUT2D eigenvalue weighted by atomic mass is 16.5. The molecule has 0 bridgehead atoms. The second kappa shape index (κ2) is 8.90. The summed E-state index contributed by atoms with van der Waals surface area (Å²) in [5.74, 6) is 0.685. The Kier molecular flexibility index (Phi) is 5.64. The first-order valence-corrected chi connectivity index (χ1v) is 11.0. The molecule has 0 atom stereocenters. The van der Waals surface area contributed by atoms with Crippen LogP contribution in [0.25, 0.3) is 0 Å². The maximum Gasteiger partial charge on any atom is 0.357 e. The summed E-state index contributed by atoms with van der Waals surface area (Å²) in [6, 6.07) is 20.1. The second-order valence-corrected chi connectivity index (χ2v) is 8.17. The molecule has 1 saturated heterocycles. The maximum atomic E-state index is 12.4. The van der Waals surface area contributed by atoms with Crippen molar-refractivity contribution in [2.75, 3.05) is 36.4 Å². The number of fused-ring (bicyclic) bond motifs is 1. The van der Waals surface area contributed by atoms with Crippen molar-refractivity contribution in [3.63, 3.8) is 0 Å². The number of nitrogens with zero attached hydrogens (tertiary/aromatic N) is 4. The Bertz CT molecular complexity index is 1120. The number of amides is 1. The van der Waals surface area contributed by atoms with Crippen LogP contribution in [-0.2, 0) is 16.1 Å². The fraction of sp³-hybridized carbons (Fsp3) is 0.280. The van der Waals surface area contributed by atoms with E-state index in [2.05, 4.69) is 34.6 Å². The summed E-state index contributed by atoms with van der Waals surface area (Å²) >= 11 is 0. The van der Waals surface area contributed by atoms with Crippen LogP contribution in [0.5, 0.6) is 0 Å². The average Bonchev–Trinajstić information content (AvgIpc) is 3.24. The number of cyclic esters (lactones) is 1. The lowest BCUT2D eigenvalue weighted by atomic mass is 9.98. The first-order chi connectivity index (χ1) is 16.1. The highest BCUT2D eigenvalue weighted by molar-refractivity contribution is 5.93. The van der Waals surface area contributed by atoms with Gasteiger partial charge in [0.05, 0.1) is 11.6 Å². The molecule has 5 rings (SSSR count). The Balaban J connectivity index is 1.51. The average molecular weight is 444 g/mol. The molecule has 3 heterocycles. The summed E-state index contributed by atoms with van der Waals surface area (Å²) in [6.07, 6.45) is 0.